The summed E-state index contributed by atoms with van der Waals surface area (Å²) >= 11 is 0. The maximum absolute atomic E-state index is 11.5. The Hall–Kier alpha value is -1.36. The first-order valence-corrected chi connectivity index (χ1v) is 11.2. The van der Waals surface area contributed by atoms with Gasteiger partial charge < -0.3 is 14.6 Å². The number of fused-ring (bicyclic) bond motifs is 1. The molecule has 7 atom stereocenters. The summed E-state index contributed by atoms with van der Waals surface area (Å²) in [6.07, 6.45) is 6.69. The molecule has 0 aliphatic heterocycles. The second kappa shape index (κ2) is 8.41. The number of rotatable bonds is 5. The summed E-state index contributed by atoms with van der Waals surface area (Å²) in [5, 5.41) is 10.4. The molecular weight excluding hydrogens is 368 g/mol. The first kappa shape index (κ1) is 22.3. The van der Waals surface area contributed by atoms with Gasteiger partial charge in [-0.15, -0.1) is 0 Å². The summed E-state index contributed by atoms with van der Waals surface area (Å²) in [6, 6.07) is 0. The first-order valence-electron chi connectivity index (χ1n) is 11.2. The van der Waals surface area contributed by atoms with Crippen LogP contribution in [-0.2, 0) is 19.1 Å². The van der Waals surface area contributed by atoms with Crippen LogP contribution in [0.3, 0.4) is 0 Å². The molecule has 0 aromatic carbocycles. The van der Waals surface area contributed by atoms with Crippen molar-refractivity contribution in [1.29, 1.82) is 0 Å². The van der Waals surface area contributed by atoms with Gasteiger partial charge in [0.05, 0.1) is 6.61 Å². The van der Waals surface area contributed by atoms with E-state index in [2.05, 4.69) is 20.4 Å². The van der Waals surface area contributed by atoms with Gasteiger partial charge in [-0.1, -0.05) is 26.0 Å². The third-order valence-electron chi connectivity index (χ3n) is 8.75. The molecule has 0 aromatic rings. The molecule has 5 heteroatoms. The highest BCUT2D eigenvalue weighted by atomic mass is 16.5. The van der Waals surface area contributed by atoms with Crippen molar-refractivity contribution >= 4 is 11.9 Å². The van der Waals surface area contributed by atoms with Crippen LogP contribution >= 0.6 is 0 Å². The zero-order chi connectivity index (χ0) is 21.4. The van der Waals surface area contributed by atoms with E-state index >= 15 is 0 Å². The molecule has 164 valence electrons. The summed E-state index contributed by atoms with van der Waals surface area (Å²) in [6.45, 7) is 12.4. The molecule has 3 aliphatic carbocycles. The van der Waals surface area contributed by atoms with Crippen LogP contribution in [0.2, 0.25) is 0 Å². The summed E-state index contributed by atoms with van der Waals surface area (Å²) in [7, 11) is 0. The molecule has 0 saturated heterocycles. The molecule has 0 aromatic heterocycles. The van der Waals surface area contributed by atoms with Crippen LogP contribution < -0.4 is 0 Å². The van der Waals surface area contributed by atoms with Gasteiger partial charge in [-0.05, 0) is 73.5 Å². The van der Waals surface area contributed by atoms with Gasteiger partial charge in [-0.2, -0.15) is 0 Å². The average molecular weight is 407 g/mol. The minimum absolute atomic E-state index is 0.0508. The molecule has 0 amide bonds. The molecule has 0 bridgehead atoms. The maximum Gasteiger partial charge on any atom is 0.302 e. The number of ether oxygens (including phenoxy) is 2. The van der Waals surface area contributed by atoms with Crippen molar-refractivity contribution in [3.63, 3.8) is 0 Å². The third kappa shape index (κ3) is 4.12. The Balaban J connectivity index is 1.85. The van der Waals surface area contributed by atoms with Crippen LogP contribution in [0, 0.1) is 34.5 Å². The van der Waals surface area contributed by atoms with Crippen molar-refractivity contribution in [3.8, 4) is 0 Å². The topological polar surface area (TPSA) is 72.8 Å². The van der Waals surface area contributed by atoms with Gasteiger partial charge in [0.2, 0.25) is 0 Å². The standard InChI is InChI=1S/C24H38O5/c1-15-6-7-21-20(13-25)22(9-11-23(15,21)4)24(5)10-8-19(29-17(3)27)12-18(24)14-28-16(2)26/h18-22,25H,1,6-14H2,2-5H3/t18-,19+,20+,21?,22+,23-,24+/m1/s1. The van der Waals surface area contributed by atoms with Crippen molar-refractivity contribution in [2.24, 2.45) is 34.5 Å². The van der Waals surface area contributed by atoms with E-state index in [4.69, 9.17) is 9.47 Å². The number of aliphatic hydroxyl groups excluding tert-OH is 1. The number of hydrogen-bond acceptors (Lipinski definition) is 5. The lowest BCUT2D eigenvalue weighted by atomic mass is 9.49. The average Bonchev–Trinajstić information content (AvgIpc) is 2.96. The Kier molecular flexibility index (Phi) is 6.47. The smallest absolute Gasteiger partial charge is 0.302 e. The number of carbonyl (C=O) groups is 2. The Morgan fingerprint density at radius 3 is 2.45 bits per heavy atom. The summed E-state index contributed by atoms with van der Waals surface area (Å²) < 4.78 is 11.0. The Labute approximate surface area is 175 Å². The van der Waals surface area contributed by atoms with Gasteiger partial charge in [0.15, 0.2) is 0 Å². The monoisotopic (exact) mass is 406 g/mol. The SMILES string of the molecule is C=C1CCC2[C@H](CO)[C@@H]([C@@]3(C)CC[C@H](OC(C)=O)C[C@@H]3COC(C)=O)CC[C@]12C. The maximum atomic E-state index is 11.5. The minimum Gasteiger partial charge on any atom is -0.466 e. The van der Waals surface area contributed by atoms with Crippen LogP contribution in [0.1, 0.15) is 72.6 Å². The zero-order valence-corrected chi connectivity index (χ0v) is 18.5. The van der Waals surface area contributed by atoms with Crippen LogP contribution in [0.15, 0.2) is 12.2 Å². The quantitative estimate of drug-likeness (QED) is 0.545. The predicted molar refractivity (Wildman–Crippen MR) is 111 cm³/mol. The van der Waals surface area contributed by atoms with Crippen LogP contribution in [-0.4, -0.2) is 36.4 Å². The second-order valence-electron chi connectivity index (χ2n) is 10.2. The zero-order valence-electron chi connectivity index (χ0n) is 18.5. The van der Waals surface area contributed by atoms with E-state index in [1.165, 1.54) is 19.4 Å². The van der Waals surface area contributed by atoms with Crippen LogP contribution in [0.25, 0.3) is 0 Å². The Bertz CT molecular complexity index is 658. The second-order valence-corrected chi connectivity index (χ2v) is 10.2. The van der Waals surface area contributed by atoms with E-state index in [-0.39, 0.29) is 47.3 Å². The molecular formula is C24H38O5. The Morgan fingerprint density at radius 2 is 1.83 bits per heavy atom. The predicted octanol–water partition coefficient (Wildman–Crippen LogP) is 4.28. The molecule has 3 rings (SSSR count). The third-order valence-corrected chi connectivity index (χ3v) is 8.75. The van der Waals surface area contributed by atoms with E-state index in [0.717, 1.165) is 38.5 Å². The molecule has 1 unspecified atom stereocenters. The molecule has 5 nitrogen and oxygen atoms in total. The van der Waals surface area contributed by atoms with E-state index in [1.807, 2.05) is 0 Å². The van der Waals surface area contributed by atoms with Gasteiger partial charge >= 0.3 is 11.9 Å². The van der Waals surface area contributed by atoms with Crippen molar-refractivity contribution in [2.45, 2.75) is 78.7 Å². The Morgan fingerprint density at radius 1 is 1.10 bits per heavy atom. The van der Waals surface area contributed by atoms with Gasteiger partial charge in [-0.25, -0.2) is 0 Å². The first-order chi connectivity index (χ1) is 13.6. The highest BCUT2D eigenvalue weighted by molar-refractivity contribution is 5.66. The normalized spacial score (nSPS) is 42.2. The summed E-state index contributed by atoms with van der Waals surface area (Å²) in [4.78, 5) is 23.0. The fourth-order valence-electron chi connectivity index (χ4n) is 6.95. The largest absolute Gasteiger partial charge is 0.466 e. The molecule has 29 heavy (non-hydrogen) atoms. The number of carbonyl (C=O) groups excluding carboxylic acids is 2. The van der Waals surface area contributed by atoms with Crippen molar-refractivity contribution in [3.05, 3.63) is 12.2 Å². The van der Waals surface area contributed by atoms with E-state index in [0.29, 0.717) is 24.9 Å². The van der Waals surface area contributed by atoms with E-state index in [1.54, 1.807) is 0 Å². The molecule has 3 saturated carbocycles. The lowest BCUT2D eigenvalue weighted by Gasteiger charge is -2.56. The van der Waals surface area contributed by atoms with Crippen molar-refractivity contribution in [1.82, 2.24) is 0 Å². The van der Waals surface area contributed by atoms with Gasteiger partial charge in [0.25, 0.3) is 0 Å². The summed E-state index contributed by atoms with van der Waals surface area (Å²) in [5.74, 6) is 0.673. The van der Waals surface area contributed by atoms with Crippen molar-refractivity contribution < 1.29 is 24.2 Å². The minimum atomic E-state index is -0.274. The van der Waals surface area contributed by atoms with E-state index in [9.17, 15) is 14.7 Å². The van der Waals surface area contributed by atoms with Crippen LogP contribution in [0.4, 0.5) is 0 Å². The van der Waals surface area contributed by atoms with E-state index < -0.39 is 0 Å². The lowest BCUT2D eigenvalue weighted by Crippen LogP contribution is -2.52. The van der Waals surface area contributed by atoms with Crippen molar-refractivity contribution in [2.75, 3.05) is 13.2 Å². The number of hydrogen-bond donors (Lipinski definition) is 1. The summed E-state index contributed by atoms with van der Waals surface area (Å²) in [5.41, 5.74) is 1.44. The number of aliphatic hydroxyl groups is 1. The molecule has 0 radical (unpaired) electrons. The molecule has 0 spiro atoms. The highest BCUT2D eigenvalue weighted by Gasteiger charge is 2.57. The fraction of sp³-hybridized carbons (Fsp3) is 0.833. The van der Waals surface area contributed by atoms with Gasteiger partial charge in [0, 0.05) is 26.4 Å². The molecule has 1 N–H and O–H groups in total. The molecule has 3 aliphatic rings. The van der Waals surface area contributed by atoms with Gasteiger partial charge in [0.1, 0.15) is 6.10 Å². The number of allylic oxidation sites excluding steroid dienone is 1. The highest BCUT2D eigenvalue weighted by Crippen LogP contribution is 2.63. The molecule has 0 heterocycles. The molecule has 3 fully saturated rings. The fourth-order valence-corrected chi connectivity index (χ4v) is 6.95. The number of esters is 2. The van der Waals surface area contributed by atoms with Gasteiger partial charge in [-0.3, -0.25) is 9.59 Å². The van der Waals surface area contributed by atoms with Crippen LogP contribution in [0.5, 0.6) is 0 Å². The lowest BCUT2D eigenvalue weighted by molar-refractivity contribution is -0.162.